The van der Waals surface area contributed by atoms with E-state index in [1.807, 2.05) is 41.5 Å². The van der Waals surface area contributed by atoms with Crippen LogP contribution >= 0.6 is 0 Å². The summed E-state index contributed by atoms with van der Waals surface area (Å²) >= 11 is 0. The lowest BCUT2D eigenvalue weighted by Gasteiger charge is -2.05. The Morgan fingerprint density at radius 1 is 0.571 bits per heavy atom. The molecule has 0 nitrogen and oxygen atoms in total. The van der Waals surface area contributed by atoms with E-state index in [0.29, 0.717) is 0 Å². The van der Waals surface area contributed by atoms with Crippen LogP contribution in [0.4, 0.5) is 0 Å². The molecule has 2 fully saturated rings. The first-order valence-electron chi connectivity index (χ1n) is 6.45. The Labute approximate surface area is 93.5 Å². The van der Waals surface area contributed by atoms with Crippen molar-refractivity contribution in [3.8, 4) is 0 Å². The van der Waals surface area contributed by atoms with Crippen molar-refractivity contribution >= 4 is 0 Å². The van der Waals surface area contributed by atoms with Gasteiger partial charge in [0.2, 0.25) is 0 Å². The number of rotatable bonds is 0. The highest BCUT2D eigenvalue weighted by atomic mass is 14.4. The van der Waals surface area contributed by atoms with E-state index in [2.05, 4.69) is 0 Å². The van der Waals surface area contributed by atoms with Crippen molar-refractivity contribution in [2.24, 2.45) is 11.8 Å². The van der Waals surface area contributed by atoms with E-state index in [4.69, 9.17) is 0 Å². The highest BCUT2D eigenvalue weighted by molar-refractivity contribution is 4.82. The third kappa shape index (κ3) is 7.41. The van der Waals surface area contributed by atoms with Gasteiger partial charge in [0.05, 0.1) is 0 Å². The van der Waals surface area contributed by atoms with Gasteiger partial charge in [0, 0.05) is 0 Å². The standard InChI is InChI=1S/C7H12.3C2H6.CH4/c1-2-7-4-3-6(1)5-7;3*1-2;/h6-7H,1-5H2;3*1-2H3;1H4. The second-order valence-electron chi connectivity index (χ2n) is 3.12. The summed E-state index contributed by atoms with van der Waals surface area (Å²) < 4.78 is 0. The molecule has 14 heavy (non-hydrogen) atoms. The minimum Gasteiger partial charge on any atom is -0.0776 e. The van der Waals surface area contributed by atoms with Gasteiger partial charge in [0.25, 0.3) is 0 Å². The smallest absolute Gasteiger partial charge is 0.0411 e. The molecule has 0 radical (unpaired) electrons. The van der Waals surface area contributed by atoms with Crippen molar-refractivity contribution < 1.29 is 0 Å². The van der Waals surface area contributed by atoms with E-state index in [1.165, 1.54) is 11.8 Å². The van der Waals surface area contributed by atoms with Gasteiger partial charge >= 0.3 is 0 Å². The molecule has 0 aliphatic heterocycles. The molecule has 2 rings (SSSR count). The summed E-state index contributed by atoms with van der Waals surface area (Å²) in [5, 5.41) is 0. The fourth-order valence-corrected chi connectivity index (χ4v) is 2.17. The van der Waals surface area contributed by atoms with Crippen molar-refractivity contribution in [1.29, 1.82) is 0 Å². The van der Waals surface area contributed by atoms with Gasteiger partial charge in [-0.05, 0) is 18.3 Å². The van der Waals surface area contributed by atoms with E-state index >= 15 is 0 Å². The summed E-state index contributed by atoms with van der Waals surface area (Å²) in [6.07, 6.45) is 7.82. The molecule has 0 aromatic carbocycles. The molecular weight excluding hydrogens is 168 g/mol. The van der Waals surface area contributed by atoms with Gasteiger partial charge in [-0.2, -0.15) is 0 Å². The molecule has 2 bridgehead atoms. The molecule has 0 heterocycles. The largest absolute Gasteiger partial charge is 0.0776 e. The van der Waals surface area contributed by atoms with Crippen LogP contribution in [0.2, 0.25) is 0 Å². The van der Waals surface area contributed by atoms with Crippen molar-refractivity contribution in [2.45, 2.75) is 81.1 Å². The van der Waals surface area contributed by atoms with Gasteiger partial charge < -0.3 is 0 Å². The van der Waals surface area contributed by atoms with Gasteiger partial charge in [-0.25, -0.2) is 0 Å². The normalized spacial score (nSPS) is 25.3. The minimum atomic E-state index is 0. The summed E-state index contributed by atoms with van der Waals surface area (Å²) in [5.41, 5.74) is 0. The average molecular weight is 202 g/mol. The van der Waals surface area contributed by atoms with Crippen LogP contribution in [0.15, 0.2) is 0 Å². The molecule has 0 heteroatoms. The molecule has 2 saturated carbocycles. The van der Waals surface area contributed by atoms with E-state index < -0.39 is 0 Å². The maximum Gasteiger partial charge on any atom is -0.0411 e. The molecule has 2 aliphatic rings. The van der Waals surface area contributed by atoms with Crippen molar-refractivity contribution in [2.75, 3.05) is 0 Å². The second-order valence-corrected chi connectivity index (χ2v) is 3.12. The maximum atomic E-state index is 2.00. The topological polar surface area (TPSA) is 0 Å². The first-order valence-corrected chi connectivity index (χ1v) is 6.45. The Balaban J connectivity index is -0.000000153. The Bertz CT molecular complexity index is 58.1. The number of fused-ring (bicyclic) bond motifs is 2. The molecule has 0 N–H and O–H groups in total. The predicted octanol–water partition coefficient (Wildman–Crippen LogP) is 5.91. The molecule has 0 spiro atoms. The summed E-state index contributed by atoms with van der Waals surface area (Å²) in [5.74, 6) is 2.34. The minimum absolute atomic E-state index is 0. The molecule has 0 amide bonds. The third-order valence-corrected chi connectivity index (χ3v) is 2.63. The molecule has 2 aliphatic carbocycles. The summed E-state index contributed by atoms with van der Waals surface area (Å²) in [4.78, 5) is 0. The van der Waals surface area contributed by atoms with Crippen LogP contribution in [0, 0.1) is 11.8 Å². The molecule has 0 aromatic rings. The lowest BCUT2D eigenvalue weighted by atomic mass is 10.0. The molecule has 90 valence electrons. The Kier molecular flexibility index (Phi) is 21.6. The number of hydrogen-bond acceptors (Lipinski definition) is 0. The quantitative estimate of drug-likeness (QED) is 0.458. The second kappa shape index (κ2) is 15.5. The van der Waals surface area contributed by atoms with E-state index in [-0.39, 0.29) is 7.43 Å². The van der Waals surface area contributed by atoms with Gasteiger partial charge in [-0.3, -0.25) is 0 Å². The fourth-order valence-electron chi connectivity index (χ4n) is 2.17. The zero-order valence-corrected chi connectivity index (χ0v) is 10.7. The molecule has 0 unspecified atom stereocenters. The van der Waals surface area contributed by atoms with Crippen molar-refractivity contribution in [3.63, 3.8) is 0 Å². The van der Waals surface area contributed by atoms with Crippen LogP contribution in [0.3, 0.4) is 0 Å². The lowest BCUT2D eigenvalue weighted by molar-refractivity contribution is 0.480. The maximum absolute atomic E-state index is 2.00. The fraction of sp³-hybridized carbons (Fsp3) is 1.00. The molecular formula is C14H34. The Morgan fingerprint density at radius 2 is 0.786 bits per heavy atom. The molecule has 0 saturated heterocycles. The highest BCUT2D eigenvalue weighted by Gasteiger charge is 2.30. The van der Waals surface area contributed by atoms with Gasteiger partial charge in [0.15, 0.2) is 0 Å². The van der Waals surface area contributed by atoms with Crippen LogP contribution in [0.5, 0.6) is 0 Å². The van der Waals surface area contributed by atoms with E-state index in [0.717, 1.165) is 0 Å². The first kappa shape index (κ1) is 19.6. The predicted molar refractivity (Wildman–Crippen MR) is 70.8 cm³/mol. The SMILES string of the molecule is C.C1CC2CCC1C2.CC.CC.CC. The van der Waals surface area contributed by atoms with Crippen LogP contribution < -0.4 is 0 Å². The van der Waals surface area contributed by atoms with Crippen LogP contribution in [-0.2, 0) is 0 Å². The van der Waals surface area contributed by atoms with Crippen molar-refractivity contribution in [3.05, 3.63) is 0 Å². The Morgan fingerprint density at radius 3 is 0.857 bits per heavy atom. The van der Waals surface area contributed by atoms with E-state index in [1.54, 1.807) is 32.1 Å². The summed E-state index contributed by atoms with van der Waals surface area (Å²) in [6, 6.07) is 0. The van der Waals surface area contributed by atoms with Crippen LogP contribution in [0.1, 0.15) is 81.1 Å². The van der Waals surface area contributed by atoms with Crippen LogP contribution in [0.25, 0.3) is 0 Å². The third-order valence-electron chi connectivity index (χ3n) is 2.63. The zero-order chi connectivity index (χ0) is 10.7. The monoisotopic (exact) mass is 202 g/mol. The zero-order valence-electron chi connectivity index (χ0n) is 10.7. The number of hydrogen-bond donors (Lipinski definition) is 0. The molecule has 0 atom stereocenters. The van der Waals surface area contributed by atoms with Gasteiger partial charge in [-0.15, -0.1) is 0 Å². The Hall–Kier alpha value is 0. The van der Waals surface area contributed by atoms with Gasteiger partial charge in [-0.1, -0.05) is 74.7 Å². The highest BCUT2D eigenvalue weighted by Crippen LogP contribution is 2.43. The van der Waals surface area contributed by atoms with Crippen molar-refractivity contribution in [1.82, 2.24) is 0 Å². The first-order chi connectivity index (χ1) is 6.45. The molecule has 0 aromatic heterocycles. The average Bonchev–Trinajstić information content (AvgIpc) is 2.90. The van der Waals surface area contributed by atoms with E-state index in [9.17, 15) is 0 Å². The van der Waals surface area contributed by atoms with Crippen LogP contribution in [-0.4, -0.2) is 0 Å². The summed E-state index contributed by atoms with van der Waals surface area (Å²) in [7, 11) is 0. The summed E-state index contributed by atoms with van der Waals surface area (Å²) in [6.45, 7) is 12.0. The van der Waals surface area contributed by atoms with Gasteiger partial charge in [0.1, 0.15) is 0 Å². The lowest BCUT2D eigenvalue weighted by Crippen LogP contribution is -1.90.